The molecular weight excluding hydrogens is 286 g/mol. The van der Waals surface area contributed by atoms with Crippen LogP contribution in [0.5, 0.6) is 11.5 Å². The summed E-state index contributed by atoms with van der Waals surface area (Å²) in [5, 5.41) is 11.1. The molecule has 0 saturated carbocycles. The lowest BCUT2D eigenvalue weighted by atomic mass is 10.1. The maximum absolute atomic E-state index is 11.7. The largest absolute Gasteiger partial charge is 0.480 e. The van der Waals surface area contributed by atoms with E-state index in [1.807, 2.05) is 24.3 Å². The molecule has 1 heterocycles. The first-order valence-corrected chi connectivity index (χ1v) is 6.75. The summed E-state index contributed by atoms with van der Waals surface area (Å²) in [5.41, 5.74) is 1.33. The molecule has 2 N–H and O–H groups in total. The van der Waals surface area contributed by atoms with Crippen molar-refractivity contribution < 1.29 is 24.2 Å². The Morgan fingerprint density at radius 3 is 2.77 bits per heavy atom. The second kappa shape index (κ2) is 6.80. The molecule has 6 heteroatoms. The molecule has 6 nitrogen and oxygen atoms in total. The van der Waals surface area contributed by atoms with Gasteiger partial charge >= 0.3 is 5.97 Å². The topological polar surface area (TPSA) is 84.9 Å². The molecule has 0 radical (unpaired) electrons. The highest BCUT2D eigenvalue weighted by Crippen LogP contribution is 2.32. The molecular formula is C16H17NO5. The molecule has 1 aliphatic rings. The van der Waals surface area contributed by atoms with Crippen LogP contribution in [0.2, 0.25) is 0 Å². The van der Waals surface area contributed by atoms with E-state index in [0.717, 1.165) is 5.56 Å². The number of carbonyl (C=O) groups excluding carboxylic acids is 1. The quantitative estimate of drug-likeness (QED) is 0.641. The van der Waals surface area contributed by atoms with Gasteiger partial charge in [0.1, 0.15) is 6.04 Å². The predicted octanol–water partition coefficient (Wildman–Crippen LogP) is 1.96. The van der Waals surface area contributed by atoms with Crippen LogP contribution in [0.25, 0.3) is 6.08 Å². The molecule has 0 saturated heterocycles. The number of fused-ring (bicyclic) bond motifs is 1. The Morgan fingerprint density at radius 1 is 1.32 bits per heavy atom. The molecule has 1 aromatic rings. The maximum Gasteiger partial charge on any atom is 0.325 e. The molecule has 2 rings (SSSR count). The van der Waals surface area contributed by atoms with Gasteiger partial charge in [-0.2, -0.15) is 0 Å². The fraction of sp³-hybridized carbons (Fsp3) is 0.250. The van der Waals surface area contributed by atoms with Crippen LogP contribution in [-0.4, -0.2) is 29.8 Å². The summed E-state index contributed by atoms with van der Waals surface area (Å²) in [4.78, 5) is 22.4. The zero-order valence-corrected chi connectivity index (χ0v) is 12.3. The number of rotatable bonds is 5. The maximum atomic E-state index is 11.7. The molecule has 1 unspecified atom stereocenters. The third-order valence-corrected chi connectivity index (χ3v) is 3.11. The number of hydrogen-bond acceptors (Lipinski definition) is 4. The van der Waals surface area contributed by atoms with Gasteiger partial charge in [0.05, 0.1) is 0 Å². The fourth-order valence-electron chi connectivity index (χ4n) is 1.77. The van der Waals surface area contributed by atoms with E-state index in [0.29, 0.717) is 17.1 Å². The molecule has 0 aliphatic carbocycles. The van der Waals surface area contributed by atoms with Gasteiger partial charge in [0.2, 0.25) is 12.7 Å². The van der Waals surface area contributed by atoms with Crippen LogP contribution < -0.4 is 14.8 Å². The molecule has 1 aromatic carbocycles. The number of carbonyl (C=O) groups is 2. The monoisotopic (exact) mass is 303 g/mol. The van der Waals surface area contributed by atoms with Crippen LogP contribution in [0.4, 0.5) is 0 Å². The van der Waals surface area contributed by atoms with E-state index in [4.69, 9.17) is 14.6 Å². The van der Waals surface area contributed by atoms with Crippen molar-refractivity contribution in [2.24, 2.45) is 0 Å². The Balaban J connectivity index is 1.98. The van der Waals surface area contributed by atoms with Gasteiger partial charge in [-0.25, -0.2) is 0 Å². The summed E-state index contributed by atoms with van der Waals surface area (Å²) >= 11 is 0. The van der Waals surface area contributed by atoms with E-state index in [-0.39, 0.29) is 6.79 Å². The Labute approximate surface area is 128 Å². The number of hydrogen-bond donors (Lipinski definition) is 2. The highest BCUT2D eigenvalue weighted by Gasteiger charge is 2.14. The van der Waals surface area contributed by atoms with E-state index in [1.54, 1.807) is 19.1 Å². The van der Waals surface area contributed by atoms with E-state index >= 15 is 0 Å². The molecule has 0 spiro atoms. The van der Waals surface area contributed by atoms with E-state index in [9.17, 15) is 9.59 Å². The molecule has 116 valence electrons. The van der Waals surface area contributed by atoms with Gasteiger partial charge in [-0.05, 0) is 31.5 Å². The van der Waals surface area contributed by atoms with Crippen LogP contribution in [0.1, 0.15) is 19.4 Å². The van der Waals surface area contributed by atoms with Crippen molar-refractivity contribution in [2.45, 2.75) is 19.9 Å². The minimum absolute atomic E-state index is 0.226. The molecule has 1 amide bonds. The highest BCUT2D eigenvalue weighted by atomic mass is 16.7. The minimum atomic E-state index is -1.07. The van der Waals surface area contributed by atoms with Crippen LogP contribution in [-0.2, 0) is 9.59 Å². The van der Waals surface area contributed by atoms with Crippen molar-refractivity contribution in [3.8, 4) is 11.5 Å². The second-order valence-corrected chi connectivity index (χ2v) is 4.85. The van der Waals surface area contributed by atoms with Crippen molar-refractivity contribution in [3.63, 3.8) is 0 Å². The third kappa shape index (κ3) is 3.88. The molecule has 22 heavy (non-hydrogen) atoms. The summed E-state index contributed by atoms with van der Waals surface area (Å²) in [6.07, 6.45) is 5.16. The third-order valence-electron chi connectivity index (χ3n) is 3.11. The fourth-order valence-corrected chi connectivity index (χ4v) is 1.77. The molecule has 0 fully saturated rings. The van der Waals surface area contributed by atoms with Gasteiger partial charge in [-0.3, -0.25) is 9.59 Å². The van der Waals surface area contributed by atoms with Gasteiger partial charge in [0, 0.05) is 5.57 Å². The first kappa shape index (κ1) is 15.6. The zero-order chi connectivity index (χ0) is 16.1. The van der Waals surface area contributed by atoms with Crippen LogP contribution in [0.15, 0.2) is 35.9 Å². The average Bonchev–Trinajstić information content (AvgIpc) is 2.94. The summed E-state index contributed by atoms with van der Waals surface area (Å²) in [6.45, 7) is 3.26. The van der Waals surface area contributed by atoms with Gasteiger partial charge in [-0.1, -0.05) is 24.3 Å². The summed E-state index contributed by atoms with van der Waals surface area (Å²) in [7, 11) is 0. The Morgan fingerprint density at radius 2 is 2.05 bits per heavy atom. The first-order chi connectivity index (χ1) is 10.5. The predicted molar refractivity (Wildman–Crippen MR) is 80.6 cm³/mol. The van der Waals surface area contributed by atoms with Crippen LogP contribution in [0, 0.1) is 0 Å². The van der Waals surface area contributed by atoms with Gasteiger partial charge in [0.25, 0.3) is 0 Å². The van der Waals surface area contributed by atoms with Crippen molar-refractivity contribution in [1.82, 2.24) is 5.32 Å². The van der Waals surface area contributed by atoms with Gasteiger partial charge in [0.15, 0.2) is 11.5 Å². The van der Waals surface area contributed by atoms with Crippen molar-refractivity contribution in [1.29, 1.82) is 0 Å². The van der Waals surface area contributed by atoms with Crippen molar-refractivity contribution >= 4 is 18.0 Å². The van der Waals surface area contributed by atoms with Crippen LogP contribution in [0.3, 0.4) is 0 Å². The minimum Gasteiger partial charge on any atom is -0.480 e. The summed E-state index contributed by atoms with van der Waals surface area (Å²) < 4.78 is 10.5. The lowest BCUT2D eigenvalue weighted by Gasteiger charge is -2.08. The molecule has 0 aromatic heterocycles. The van der Waals surface area contributed by atoms with Crippen molar-refractivity contribution in [2.75, 3.05) is 6.79 Å². The summed E-state index contributed by atoms with van der Waals surface area (Å²) in [5.74, 6) is -0.0796. The highest BCUT2D eigenvalue weighted by molar-refractivity contribution is 5.95. The van der Waals surface area contributed by atoms with E-state index in [1.165, 1.54) is 6.92 Å². The molecule has 0 bridgehead atoms. The smallest absolute Gasteiger partial charge is 0.325 e. The molecule has 1 aliphatic heterocycles. The van der Waals surface area contributed by atoms with Crippen molar-refractivity contribution in [3.05, 3.63) is 41.5 Å². The zero-order valence-electron chi connectivity index (χ0n) is 12.3. The van der Waals surface area contributed by atoms with Gasteiger partial charge < -0.3 is 19.9 Å². The lowest BCUT2D eigenvalue weighted by Crippen LogP contribution is -2.38. The Kier molecular flexibility index (Phi) is 4.83. The molecule has 1 atom stereocenters. The number of amides is 1. The number of carboxylic acid groups (broad SMARTS) is 1. The number of aliphatic carboxylic acids is 1. The number of ether oxygens (including phenoxy) is 2. The normalized spacial score (nSPS) is 14.9. The Hall–Kier alpha value is -2.76. The number of benzene rings is 1. The first-order valence-electron chi connectivity index (χ1n) is 6.75. The number of allylic oxidation sites excluding steroid dienone is 2. The van der Waals surface area contributed by atoms with Gasteiger partial charge in [-0.15, -0.1) is 0 Å². The van der Waals surface area contributed by atoms with Crippen LogP contribution >= 0.6 is 0 Å². The SMILES string of the molecule is CC(=CC=Cc1ccc2c(c1)OCO2)C(=O)NC(C)C(=O)O. The average molecular weight is 303 g/mol. The van der Waals surface area contributed by atoms with E-state index in [2.05, 4.69) is 5.32 Å². The number of carboxylic acids is 1. The lowest BCUT2D eigenvalue weighted by molar-refractivity contribution is -0.140. The number of nitrogens with one attached hydrogen (secondary N) is 1. The summed E-state index contributed by atoms with van der Waals surface area (Å²) in [6, 6.07) is 4.61. The second-order valence-electron chi connectivity index (χ2n) is 4.85. The standard InChI is InChI=1S/C16H17NO5/c1-10(15(18)17-11(2)16(19)20)4-3-5-12-6-7-13-14(8-12)22-9-21-13/h3-8,11H,9H2,1-2H3,(H,17,18)(H,19,20). The Bertz CT molecular complexity index is 648. The van der Waals surface area contributed by atoms with E-state index < -0.39 is 17.9 Å².